The molecule has 0 atom stereocenters. The standard InChI is InChI=1S/C12H10N2O4/c1-17-12(16)8-4-2-3-5-9(8)14-11(15)10-6-13-7-18-10/h2-7H,1H3,(H,14,15). The van der Waals surface area contributed by atoms with Crippen LogP contribution in [-0.4, -0.2) is 24.0 Å². The molecule has 6 nitrogen and oxygen atoms in total. The van der Waals surface area contributed by atoms with Crippen LogP contribution in [0.2, 0.25) is 0 Å². The Bertz CT molecular complexity index is 563. The third kappa shape index (κ3) is 2.37. The summed E-state index contributed by atoms with van der Waals surface area (Å²) in [7, 11) is 1.28. The molecule has 0 aliphatic rings. The minimum Gasteiger partial charge on any atom is -0.465 e. The number of hydrogen-bond donors (Lipinski definition) is 1. The summed E-state index contributed by atoms with van der Waals surface area (Å²) in [6.45, 7) is 0. The molecule has 0 aliphatic carbocycles. The van der Waals surface area contributed by atoms with Gasteiger partial charge in [0.15, 0.2) is 6.39 Å². The van der Waals surface area contributed by atoms with Gasteiger partial charge in [-0.1, -0.05) is 12.1 Å². The van der Waals surface area contributed by atoms with Crippen molar-refractivity contribution in [2.75, 3.05) is 12.4 Å². The average Bonchev–Trinajstić information content (AvgIpc) is 2.92. The molecule has 2 aromatic rings. The zero-order valence-electron chi connectivity index (χ0n) is 9.54. The number of ether oxygens (including phenoxy) is 1. The summed E-state index contributed by atoms with van der Waals surface area (Å²) in [4.78, 5) is 26.9. The molecule has 1 N–H and O–H groups in total. The zero-order valence-corrected chi connectivity index (χ0v) is 9.54. The molecular formula is C12H10N2O4. The maximum absolute atomic E-state index is 11.7. The number of methoxy groups -OCH3 is 1. The number of nitrogens with zero attached hydrogens (tertiary/aromatic N) is 1. The molecule has 1 heterocycles. The van der Waals surface area contributed by atoms with Crippen LogP contribution in [0, 0.1) is 0 Å². The number of benzene rings is 1. The van der Waals surface area contributed by atoms with E-state index in [1.54, 1.807) is 24.3 Å². The molecule has 18 heavy (non-hydrogen) atoms. The number of amides is 1. The monoisotopic (exact) mass is 246 g/mol. The third-order valence-corrected chi connectivity index (χ3v) is 2.24. The van der Waals surface area contributed by atoms with E-state index in [1.165, 1.54) is 13.3 Å². The molecule has 92 valence electrons. The van der Waals surface area contributed by atoms with Crippen LogP contribution in [0.5, 0.6) is 0 Å². The molecule has 1 aromatic carbocycles. The van der Waals surface area contributed by atoms with Crippen LogP contribution < -0.4 is 5.32 Å². The summed E-state index contributed by atoms with van der Waals surface area (Å²) in [5.41, 5.74) is 0.624. The number of aromatic nitrogens is 1. The van der Waals surface area contributed by atoms with Crippen LogP contribution in [0.1, 0.15) is 20.9 Å². The average molecular weight is 246 g/mol. The van der Waals surface area contributed by atoms with Crippen molar-refractivity contribution in [1.29, 1.82) is 0 Å². The normalized spacial score (nSPS) is 9.83. The van der Waals surface area contributed by atoms with E-state index >= 15 is 0 Å². The van der Waals surface area contributed by atoms with Gasteiger partial charge in [-0.2, -0.15) is 0 Å². The fourth-order valence-corrected chi connectivity index (χ4v) is 1.39. The first-order chi connectivity index (χ1) is 8.72. The first-order valence-electron chi connectivity index (χ1n) is 5.09. The van der Waals surface area contributed by atoms with Crippen molar-refractivity contribution in [3.05, 3.63) is 48.2 Å². The van der Waals surface area contributed by atoms with Gasteiger partial charge >= 0.3 is 5.97 Å². The Balaban J connectivity index is 2.24. The summed E-state index contributed by atoms with van der Waals surface area (Å²) >= 11 is 0. The van der Waals surface area contributed by atoms with Crippen molar-refractivity contribution >= 4 is 17.6 Å². The van der Waals surface area contributed by atoms with Crippen LogP contribution >= 0.6 is 0 Å². The van der Waals surface area contributed by atoms with E-state index < -0.39 is 11.9 Å². The highest BCUT2D eigenvalue weighted by Gasteiger charge is 2.15. The molecule has 0 fully saturated rings. The minimum absolute atomic E-state index is 0.0645. The third-order valence-electron chi connectivity index (χ3n) is 2.24. The van der Waals surface area contributed by atoms with E-state index in [4.69, 9.17) is 4.42 Å². The quantitative estimate of drug-likeness (QED) is 0.834. The van der Waals surface area contributed by atoms with Crippen molar-refractivity contribution in [3.8, 4) is 0 Å². The highest BCUT2D eigenvalue weighted by molar-refractivity contribution is 6.06. The molecule has 0 unspecified atom stereocenters. The molecular weight excluding hydrogens is 236 g/mol. The lowest BCUT2D eigenvalue weighted by Gasteiger charge is -2.07. The highest BCUT2D eigenvalue weighted by Crippen LogP contribution is 2.17. The summed E-state index contributed by atoms with van der Waals surface area (Å²) in [5, 5.41) is 2.55. The van der Waals surface area contributed by atoms with Crippen molar-refractivity contribution in [3.63, 3.8) is 0 Å². The Kier molecular flexibility index (Phi) is 3.38. The van der Waals surface area contributed by atoms with E-state index in [0.717, 1.165) is 6.39 Å². The van der Waals surface area contributed by atoms with Crippen molar-refractivity contribution < 1.29 is 18.7 Å². The second-order valence-corrected chi connectivity index (χ2v) is 3.36. The molecule has 0 saturated heterocycles. The number of anilines is 1. The molecule has 1 aromatic heterocycles. The maximum atomic E-state index is 11.7. The SMILES string of the molecule is COC(=O)c1ccccc1NC(=O)c1cnco1. The first kappa shape index (κ1) is 11.8. The Morgan fingerprint density at radius 2 is 2.11 bits per heavy atom. The Morgan fingerprint density at radius 1 is 1.33 bits per heavy atom. The molecule has 0 aliphatic heterocycles. The van der Waals surface area contributed by atoms with Gasteiger partial charge in [-0.25, -0.2) is 9.78 Å². The van der Waals surface area contributed by atoms with Gasteiger partial charge in [0.2, 0.25) is 5.76 Å². The molecule has 0 bridgehead atoms. The molecule has 0 radical (unpaired) electrons. The second kappa shape index (κ2) is 5.13. The van der Waals surface area contributed by atoms with Gasteiger partial charge < -0.3 is 14.5 Å². The smallest absolute Gasteiger partial charge is 0.339 e. The lowest BCUT2D eigenvalue weighted by Crippen LogP contribution is -2.14. The Labute approximate surface area is 103 Å². The number of carbonyl (C=O) groups is 2. The molecule has 2 rings (SSSR count). The van der Waals surface area contributed by atoms with Crippen molar-refractivity contribution in [2.45, 2.75) is 0 Å². The van der Waals surface area contributed by atoms with Gasteiger partial charge in [-0.15, -0.1) is 0 Å². The van der Waals surface area contributed by atoms with E-state index in [9.17, 15) is 9.59 Å². The summed E-state index contributed by atoms with van der Waals surface area (Å²) < 4.78 is 9.48. The largest absolute Gasteiger partial charge is 0.465 e. The fourth-order valence-electron chi connectivity index (χ4n) is 1.39. The van der Waals surface area contributed by atoms with Gasteiger partial charge in [0.1, 0.15) is 0 Å². The summed E-state index contributed by atoms with van der Waals surface area (Å²) in [5.74, 6) is -0.943. The number of hydrogen-bond acceptors (Lipinski definition) is 5. The van der Waals surface area contributed by atoms with E-state index in [2.05, 4.69) is 15.0 Å². The maximum Gasteiger partial charge on any atom is 0.339 e. The second-order valence-electron chi connectivity index (χ2n) is 3.36. The Hall–Kier alpha value is -2.63. The predicted octanol–water partition coefficient (Wildman–Crippen LogP) is 1.71. The van der Waals surface area contributed by atoms with Crippen LogP contribution in [-0.2, 0) is 4.74 Å². The van der Waals surface area contributed by atoms with E-state index in [1.807, 2.05) is 0 Å². The van der Waals surface area contributed by atoms with Gasteiger partial charge in [-0.05, 0) is 12.1 Å². The molecule has 1 amide bonds. The topological polar surface area (TPSA) is 81.4 Å². The molecule has 0 saturated carbocycles. The number of esters is 1. The van der Waals surface area contributed by atoms with Crippen molar-refractivity contribution in [2.24, 2.45) is 0 Å². The zero-order chi connectivity index (χ0) is 13.0. The van der Waals surface area contributed by atoms with E-state index in [-0.39, 0.29) is 11.3 Å². The van der Waals surface area contributed by atoms with E-state index in [0.29, 0.717) is 5.69 Å². The minimum atomic E-state index is -0.525. The van der Waals surface area contributed by atoms with Crippen LogP contribution in [0.4, 0.5) is 5.69 Å². The Morgan fingerprint density at radius 3 is 2.78 bits per heavy atom. The number of carbonyl (C=O) groups excluding carboxylic acids is 2. The van der Waals surface area contributed by atoms with Crippen LogP contribution in [0.15, 0.2) is 41.3 Å². The number of oxazole rings is 1. The van der Waals surface area contributed by atoms with Crippen molar-refractivity contribution in [1.82, 2.24) is 4.98 Å². The number of para-hydroxylation sites is 1. The van der Waals surface area contributed by atoms with Gasteiger partial charge in [0.05, 0.1) is 24.6 Å². The van der Waals surface area contributed by atoms with Gasteiger partial charge in [0, 0.05) is 0 Å². The van der Waals surface area contributed by atoms with Crippen LogP contribution in [0.25, 0.3) is 0 Å². The van der Waals surface area contributed by atoms with Gasteiger partial charge in [-0.3, -0.25) is 4.79 Å². The first-order valence-corrected chi connectivity index (χ1v) is 5.09. The highest BCUT2D eigenvalue weighted by atomic mass is 16.5. The molecule has 0 spiro atoms. The molecule has 6 heteroatoms. The lowest BCUT2D eigenvalue weighted by atomic mass is 10.2. The summed E-state index contributed by atoms with van der Waals surface area (Å²) in [6.07, 6.45) is 2.44. The summed E-state index contributed by atoms with van der Waals surface area (Å²) in [6, 6.07) is 6.53. The number of nitrogens with one attached hydrogen (secondary N) is 1. The fraction of sp³-hybridized carbons (Fsp3) is 0.0833. The lowest BCUT2D eigenvalue weighted by molar-refractivity contribution is 0.0602. The number of rotatable bonds is 3. The van der Waals surface area contributed by atoms with Gasteiger partial charge in [0.25, 0.3) is 5.91 Å². The van der Waals surface area contributed by atoms with Crippen LogP contribution in [0.3, 0.4) is 0 Å². The predicted molar refractivity (Wildman–Crippen MR) is 62.2 cm³/mol.